The van der Waals surface area contributed by atoms with Gasteiger partial charge in [0.1, 0.15) is 5.75 Å². The van der Waals surface area contributed by atoms with Gasteiger partial charge in [0.25, 0.3) is 10.1 Å². The molecule has 7 heteroatoms. The molecule has 3 rings (SSSR count). The Labute approximate surface area is 160 Å². The van der Waals surface area contributed by atoms with E-state index in [0.717, 1.165) is 30.0 Å². The van der Waals surface area contributed by atoms with Gasteiger partial charge in [0, 0.05) is 19.1 Å². The molecule has 1 N–H and O–H groups in total. The van der Waals surface area contributed by atoms with E-state index in [2.05, 4.69) is 17.0 Å². The van der Waals surface area contributed by atoms with Crippen LogP contribution in [0.25, 0.3) is 0 Å². The molecule has 1 unspecified atom stereocenters. The molecule has 0 bridgehead atoms. The molecule has 0 radical (unpaired) electrons. The Bertz CT molecular complexity index is 880. The Hall–Kier alpha value is -1.93. The number of aryl methyl sites for hydroxylation is 1. The SMILES string of the molecule is COc1ccc(CN2CCOCC2Cc2cc(S(=O)(=O)O)ccc2C)cc1. The lowest BCUT2D eigenvalue weighted by molar-refractivity contribution is -0.0113. The van der Waals surface area contributed by atoms with Crippen LogP contribution in [0.1, 0.15) is 16.7 Å². The van der Waals surface area contributed by atoms with Crippen molar-refractivity contribution in [2.45, 2.75) is 30.8 Å². The molecular formula is C20H25NO5S. The Morgan fingerprint density at radius 2 is 1.96 bits per heavy atom. The topological polar surface area (TPSA) is 76.1 Å². The molecule has 1 aliphatic rings. The second kappa shape index (κ2) is 8.39. The summed E-state index contributed by atoms with van der Waals surface area (Å²) < 4.78 is 43.1. The summed E-state index contributed by atoms with van der Waals surface area (Å²) in [4.78, 5) is 2.28. The van der Waals surface area contributed by atoms with E-state index in [1.807, 2.05) is 19.1 Å². The van der Waals surface area contributed by atoms with Crippen molar-refractivity contribution in [2.75, 3.05) is 26.9 Å². The average molecular weight is 391 g/mol. The normalized spacial score (nSPS) is 18.4. The monoisotopic (exact) mass is 391 g/mol. The third-order valence-corrected chi connectivity index (χ3v) is 5.82. The molecule has 6 nitrogen and oxygen atoms in total. The quantitative estimate of drug-likeness (QED) is 0.763. The number of hydrogen-bond acceptors (Lipinski definition) is 5. The maximum absolute atomic E-state index is 11.5. The van der Waals surface area contributed by atoms with Crippen molar-refractivity contribution in [1.29, 1.82) is 0 Å². The lowest BCUT2D eigenvalue weighted by Gasteiger charge is -2.36. The van der Waals surface area contributed by atoms with Crippen LogP contribution in [0, 0.1) is 6.92 Å². The van der Waals surface area contributed by atoms with Gasteiger partial charge in [0.05, 0.1) is 25.2 Å². The summed E-state index contributed by atoms with van der Waals surface area (Å²) in [6.45, 7) is 4.81. The first kappa shape index (κ1) is 19.8. The van der Waals surface area contributed by atoms with Gasteiger partial charge in [-0.1, -0.05) is 18.2 Å². The van der Waals surface area contributed by atoms with E-state index in [1.165, 1.54) is 11.6 Å². The van der Waals surface area contributed by atoms with E-state index in [9.17, 15) is 13.0 Å². The molecule has 0 aliphatic carbocycles. The summed E-state index contributed by atoms with van der Waals surface area (Å²) in [6.07, 6.45) is 0.658. The van der Waals surface area contributed by atoms with Crippen LogP contribution >= 0.6 is 0 Å². The first-order chi connectivity index (χ1) is 12.9. The molecule has 2 aromatic rings. The summed E-state index contributed by atoms with van der Waals surface area (Å²) >= 11 is 0. The van der Waals surface area contributed by atoms with Crippen LogP contribution in [0.15, 0.2) is 47.4 Å². The molecule has 1 aliphatic heterocycles. The first-order valence-electron chi connectivity index (χ1n) is 8.88. The van der Waals surface area contributed by atoms with Gasteiger partial charge in [0.15, 0.2) is 0 Å². The molecule has 0 spiro atoms. The molecule has 0 aromatic heterocycles. The maximum atomic E-state index is 11.5. The highest BCUT2D eigenvalue weighted by Crippen LogP contribution is 2.22. The molecule has 1 fully saturated rings. The fourth-order valence-corrected chi connectivity index (χ4v) is 3.86. The van der Waals surface area contributed by atoms with Gasteiger partial charge in [-0.3, -0.25) is 9.45 Å². The van der Waals surface area contributed by atoms with E-state index in [-0.39, 0.29) is 10.9 Å². The minimum absolute atomic E-state index is 0.0680. The zero-order valence-electron chi connectivity index (χ0n) is 15.6. The van der Waals surface area contributed by atoms with Crippen LogP contribution in [0.3, 0.4) is 0 Å². The van der Waals surface area contributed by atoms with Crippen LogP contribution in [-0.4, -0.2) is 50.8 Å². The number of ether oxygens (including phenoxy) is 2. The highest BCUT2D eigenvalue weighted by atomic mass is 32.2. The van der Waals surface area contributed by atoms with Gasteiger partial charge in [-0.25, -0.2) is 0 Å². The number of rotatable bonds is 6. The van der Waals surface area contributed by atoms with E-state index >= 15 is 0 Å². The van der Waals surface area contributed by atoms with E-state index in [4.69, 9.17) is 9.47 Å². The molecule has 2 aromatic carbocycles. The predicted octanol–water partition coefficient (Wildman–Crippen LogP) is 2.69. The lowest BCUT2D eigenvalue weighted by atomic mass is 9.99. The average Bonchev–Trinajstić information content (AvgIpc) is 2.65. The summed E-state index contributed by atoms with van der Waals surface area (Å²) in [7, 11) is -2.56. The zero-order chi connectivity index (χ0) is 19.4. The minimum atomic E-state index is -4.21. The summed E-state index contributed by atoms with van der Waals surface area (Å²) in [5.41, 5.74) is 3.09. The van der Waals surface area contributed by atoms with Gasteiger partial charge in [-0.2, -0.15) is 8.42 Å². The first-order valence-corrected chi connectivity index (χ1v) is 10.3. The van der Waals surface area contributed by atoms with Crippen molar-refractivity contribution in [1.82, 2.24) is 4.90 Å². The van der Waals surface area contributed by atoms with Gasteiger partial charge < -0.3 is 9.47 Å². The predicted molar refractivity (Wildman–Crippen MR) is 103 cm³/mol. The highest BCUT2D eigenvalue weighted by molar-refractivity contribution is 7.85. The summed E-state index contributed by atoms with van der Waals surface area (Å²) in [6, 6.07) is 12.9. The Balaban J connectivity index is 1.77. The number of morpholine rings is 1. The minimum Gasteiger partial charge on any atom is -0.497 e. The number of methoxy groups -OCH3 is 1. The third-order valence-electron chi connectivity index (χ3n) is 4.97. The molecule has 146 valence electrons. The van der Waals surface area contributed by atoms with Crippen molar-refractivity contribution >= 4 is 10.1 Å². The van der Waals surface area contributed by atoms with Crippen LogP contribution in [0.4, 0.5) is 0 Å². The molecule has 0 amide bonds. The van der Waals surface area contributed by atoms with Gasteiger partial charge in [-0.15, -0.1) is 0 Å². The fraction of sp³-hybridized carbons (Fsp3) is 0.400. The number of nitrogens with zero attached hydrogens (tertiary/aromatic N) is 1. The maximum Gasteiger partial charge on any atom is 0.294 e. The molecule has 1 heterocycles. The van der Waals surface area contributed by atoms with Gasteiger partial charge in [-0.05, 0) is 54.3 Å². The van der Waals surface area contributed by atoms with Gasteiger partial charge >= 0.3 is 0 Å². The van der Waals surface area contributed by atoms with Crippen molar-refractivity contribution in [3.63, 3.8) is 0 Å². The standard InChI is InChI=1S/C20H25NO5S/c1-15-3-8-20(27(22,23)24)12-17(15)11-18-14-26-10-9-21(18)13-16-4-6-19(25-2)7-5-16/h3-8,12,18H,9-11,13-14H2,1-2H3,(H,22,23,24). The smallest absolute Gasteiger partial charge is 0.294 e. The van der Waals surface area contributed by atoms with Crippen LogP contribution in [0.2, 0.25) is 0 Å². The Morgan fingerprint density at radius 1 is 1.22 bits per heavy atom. The van der Waals surface area contributed by atoms with Crippen molar-refractivity contribution in [3.05, 3.63) is 59.2 Å². The zero-order valence-corrected chi connectivity index (χ0v) is 16.4. The molecule has 1 atom stereocenters. The fourth-order valence-electron chi connectivity index (χ4n) is 3.33. The van der Waals surface area contributed by atoms with E-state index < -0.39 is 10.1 Å². The number of hydrogen-bond donors (Lipinski definition) is 1. The largest absolute Gasteiger partial charge is 0.497 e. The third kappa shape index (κ3) is 5.07. The Kier molecular flexibility index (Phi) is 6.16. The van der Waals surface area contributed by atoms with E-state index in [1.54, 1.807) is 19.2 Å². The van der Waals surface area contributed by atoms with Crippen molar-refractivity contribution < 1.29 is 22.4 Å². The highest BCUT2D eigenvalue weighted by Gasteiger charge is 2.24. The summed E-state index contributed by atoms with van der Waals surface area (Å²) in [5.74, 6) is 0.829. The number of benzene rings is 2. The molecule has 27 heavy (non-hydrogen) atoms. The van der Waals surface area contributed by atoms with Crippen molar-refractivity contribution in [2.24, 2.45) is 0 Å². The molecule has 1 saturated heterocycles. The van der Waals surface area contributed by atoms with Gasteiger partial charge in [0.2, 0.25) is 0 Å². The van der Waals surface area contributed by atoms with Crippen LogP contribution in [-0.2, 0) is 27.8 Å². The van der Waals surface area contributed by atoms with Crippen LogP contribution < -0.4 is 4.74 Å². The second-order valence-electron chi connectivity index (χ2n) is 6.81. The summed E-state index contributed by atoms with van der Waals surface area (Å²) in [5, 5.41) is 0. The lowest BCUT2D eigenvalue weighted by Crippen LogP contribution is -2.46. The van der Waals surface area contributed by atoms with Crippen molar-refractivity contribution in [3.8, 4) is 5.75 Å². The molecular weight excluding hydrogens is 366 g/mol. The van der Waals surface area contributed by atoms with Crippen LogP contribution in [0.5, 0.6) is 5.75 Å². The second-order valence-corrected chi connectivity index (χ2v) is 8.24. The molecule has 0 saturated carbocycles. The Morgan fingerprint density at radius 3 is 2.63 bits per heavy atom. The van der Waals surface area contributed by atoms with E-state index in [0.29, 0.717) is 19.6 Å².